The van der Waals surface area contributed by atoms with Gasteiger partial charge in [0.25, 0.3) is 5.78 Å². The minimum atomic E-state index is -5.28. The van der Waals surface area contributed by atoms with Gasteiger partial charge in [-0.05, 0) is 24.1 Å². The molecule has 21 heavy (non-hydrogen) atoms. The van der Waals surface area contributed by atoms with E-state index < -0.39 is 28.9 Å². The van der Waals surface area contributed by atoms with E-state index in [4.69, 9.17) is 4.42 Å². The van der Waals surface area contributed by atoms with Gasteiger partial charge in [0, 0.05) is 0 Å². The van der Waals surface area contributed by atoms with Crippen LogP contribution in [0, 0.1) is 6.92 Å². The molecule has 1 aromatic heterocycles. The van der Waals surface area contributed by atoms with Crippen molar-refractivity contribution in [3.63, 3.8) is 0 Å². The van der Waals surface area contributed by atoms with E-state index in [-0.39, 0.29) is 11.0 Å². The number of hydrogen-bond acceptors (Lipinski definition) is 4. The van der Waals surface area contributed by atoms with Gasteiger partial charge in [-0.2, -0.15) is 13.2 Å². The molecular weight excluding hydrogens is 289 g/mol. The molecule has 0 aliphatic heterocycles. The monoisotopic (exact) mass is 298 g/mol. The second-order valence-electron chi connectivity index (χ2n) is 4.30. The number of alkyl halides is 3. The highest BCUT2D eigenvalue weighted by molar-refractivity contribution is 6.06. The molecule has 1 aromatic carbocycles. The highest BCUT2D eigenvalue weighted by Crippen LogP contribution is 2.33. The Morgan fingerprint density at radius 2 is 2.00 bits per heavy atom. The van der Waals surface area contributed by atoms with Crippen molar-refractivity contribution >= 4 is 22.8 Å². The molecule has 0 aliphatic carbocycles. The predicted octanol–water partition coefficient (Wildman–Crippen LogP) is 3.20. The summed E-state index contributed by atoms with van der Waals surface area (Å²) in [7, 11) is 0. The molecule has 0 saturated heterocycles. The molecule has 2 aromatic rings. The first-order valence-electron chi connectivity index (χ1n) is 5.71. The van der Waals surface area contributed by atoms with E-state index in [0.717, 1.165) is 0 Å². The van der Waals surface area contributed by atoms with Crippen molar-refractivity contribution in [2.75, 3.05) is 0 Å². The van der Waals surface area contributed by atoms with Crippen LogP contribution in [0.3, 0.4) is 0 Å². The summed E-state index contributed by atoms with van der Waals surface area (Å²) in [6.45, 7) is 5.08. The number of aryl methyl sites for hydroxylation is 1. The molecule has 2 rings (SSSR count). The van der Waals surface area contributed by atoms with Crippen molar-refractivity contribution in [1.82, 2.24) is 0 Å². The summed E-state index contributed by atoms with van der Waals surface area (Å²) in [6.07, 6.45) is -3.82. The lowest BCUT2D eigenvalue weighted by atomic mass is 10.0. The van der Waals surface area contributed by atoms with Crippen LogP contribution in [-0.2, 0) is 0 Å². The Morgan fingerprint density at radius 1 is 1.38 bits per heavy atom. The molecule has 0 amide bonds. The van der Waals surface area contributed by atoms with Gasteiger partial charge in [-0.25, -0.2) is 4.79 Å². The Bertz CT molecular complexity index is 816. The number of carbonyl (C=O) groups excluding carboxylic acids is 1. The van der Waals surface area contributed by atoms with E-state index in [1.165, 1.54) is 18.2 Å². The van der Waals surface area contributed by atoms with E-state index in [9.17, 15) is 27.9 Å². The summed E-state index contributed by atoms with van der Waals surface area (Å²) in [5.41, 5.74) is -2.04. The van der Waals surface area contributed by atoms with Crippen molar-refractivity contribution in [2.45, 2.75) is 13.1 Å². The minimum absolute atomic E-state index is 0.0892. The van der Waals surface area contributed by atoms with Crippen LogP contribution in [-0.4, -0.2) is 17.1 Å². The van der Waals surface area contributed by atoms with Crippen LogP contribution in [0.4, 0.5) is 13.2 Å². The summed E-state index contributed by atoms with van der Waals surface area (Å²) in [5, 5.41) is 9.70. The van der Waals surface area contributed by atoms with Gasteiger partial charge in [-0.1, -0.05) is 18.7 Å². The third-order valence-corrected chi connectivity index (χ3v) is 3.04. The normalized spacial score (nSPS) is 11.6. The first-order valence-corrected chi connectivity index (χ1v) is 5.71. The van der Waals surface area contributed by atoms with Gasteiger partial charge in [0.2, 0.25) is 0 Å². The van der Waals surface area contributed by atoms with Gasteiger partial charge < -0.3 is 9.52 Å². The molecule has 0 saturated carbocycles. The number of halogens is 3. The van der Waals surface area contributed by atoms with Gasteiger partial charge in [0.05, 0.1) is 5.39 Å². The Morgan fingerprint density at radius 3 is 2.52 bits per heavy atom. The van der Waals surface area contributed by atoms with E-state index >= 15 is 0 Å². The smallest absolute Gasteiger partial charge is 0.455 e. The van der Waals surface area contributed by atoms with E-state index in [0.29, 0.717) is 11.1 Å². The lowest BCUT2D eigenvalue weighted by Crippen LogP contribution is -2.28. The van der Waals surface area contributed by atoms with E-state index in [2.05, 4.69) is 6.58 Å². The predicted molar refractivity (Wildman–Crippen MR) is 69.4 cm³/mol. The molecule has 0 spiro atoms. The maximum Gasteiger partial charge on any atom is 0.455 e. The zero-order valence-corrected chi connectivity index (χ0v) is 10.7. The zero-order chi connectivity index (χ0) is 15.9. The average Bonchev–Trinajstić information content (AvgIpc) is 2.39. The molecule has 0 atom stereocenters. The summed E-state index contributed by atoms with van der Waals surface area (Å²) >= 11 is 0. The Balaban J connectivity index is 2.88. The number of aromatic hydroxyl groups is 1. The Kier molecular flexibility index (Phi) is 3.36. The standard InChI is InChI=1S/C14H9F3O4/c1-3-7-4-5-8-10(18)9(12(19)14(15,16)17)13(20)21-11(8)6(7)2/h3-5,18H,1H2,2H3. The van der Waals surface area contributed by atoms with Crippen molar-refractivity contribution < 1.29 is 27.5 Å². The summed E-state index contributed by atoms with van der Waals surface area (Å²) in [5.74, 6) is -3.48. The van der Waals surface area contributed by atoms with Crippen LogP contribution in [0.5, 0.6) is 5.75 Å². The maximum atomic E-state index is 12.4. The van der Waals surface area contributed by atoms with Crippen LogP contribution < -0.4 is 5.63 Å². The number of Topliss-reactive ketones (excluding diaryl/α,β-unsaturated/α-hetero) is 1. The molecule has 0 fully saturated rings. The molecule has 1 heterocycles. The lowest BCUT2D eigenvalue weighted by Gasteiger charge is -2.10. The number of ketones is 1. The van der Waals surface area contributed by atoms with Crippen LogP contribution in [0.25, 0.3) is 17.0 Å². The average molecular weight is 298 g/mol. The van der Waals surface area contributed by atoms with Gasteiger partial charge in [0.1, 0.15) is 11.3 Å². The highest BCUT2D eigenvalue weighted by atomic mass is 19.4. The van der Waals surface area contributed by atoms with Crippen molar-refractivity contribution in [3.05, 3.63) is 45.8 Å². The molecule has 110 valence electrons. The molecule has 0 unspecified atom stereocenters. The molecule has 7 heteroatoms. The van der Waals surface area contributed by atoms with Crippen molar-refractivity contribution in [3.8, 4) is 5.75 Å². The summed E-state index contributed by atoms with van der Waals surface area (Å²) in [4.78, 5) is 22.8. The maximum absolute atomic E-state index is 12.4. The van der Waals surface area contributed by atoms with E-state index in [1.54, 1.807) is 6.92 Å². The zero-order valence-electron chi connectivity index (χ0n) is 10.7. The van der Waals surface area contributed by atoms with Gasteiger partial charge in [-0.3, -0.25) is 4.79 Å². The SMILES string of the molecule is C=Cc1ccc2c(O)c(C(=O)C(F)(F)F)c(=O)oc2c1C. The van der Waals surface area contributed by atoms with Gasteiger partial charge in [-0.15, -0.1) is 0 Å². The molecule has 0 radical (unpaired) electrons. The number of fused-ring (bicyclic) bond motifs is 1. The van der Waals surface area contributed by atoms with Crippen molar-refractivity contribution in [2.24, 2.45) is 0 Å². The van der Waals surface area contributed by atoms with Crippen molar-refractivity contribution in [1.29, 1.82) is 0 Å². The number of hydrogen-bond donors (Lipinski definition) is 1. The summed E-state index contributed by atoms with van der Waals surface area (Å²) < 4.78 is 42.1. The molecule has 0 aliphatic rings. The second-order valence-corrected chi connectivity index (χ2v) is 4.30. The topological polar surface area (TPSA) is 67.5 Å². The molecular formula is C14H9F3O4. The number of rotatable bonds is 2. The summed E-state index contributed by atoms with van der Waals surface area (Å²) in [6, 6.07) is 2.73. The number of carbonyl (C=O) groups is 1. The second kappa shape index (κ2) is 4.76. The Labute approximate surface area is 116 Å². The fourth-order valence-corrected chi connectivity index (χ4v) is 1.96. The molecule has 1 N–H and O–H groups in total. The number of benzene rings is 1. The van der Waals surface area contributed by atoms with Gasteiger partial charge in [0.15, 0.2) is 5.56 Å². The van der Waals surface area contributed by atoms with Gasteiger partial charge >= 0.3 is 11.8 Å². The van der Waals surface area contributed by atoms with Crippen LogP contribution in [0.2, 0.25) is 0 Å². The molecule has 0 bridgehead atoms. The quantitative estimate of drug-likeness (QED) is 0.683. The fourth-order valence-electron chi connectivity index (χ4n) is 1.96. The highest BCUT2D eigenvalue weighted by Gasteiger charge is 2.43. The largest absolute Gasteiger partial charge is 0.506 e. The minimum Gasteiger partial charge on any atom is -0.506 e. The third-order valence-electron chi connectivity index (χ3n) is 3.04. The lowest BCUT2D eigenvalue weighted by molar-refractivity contribution is -0.0888. The van der Waals surface area contributed by atoms with Crippen LogP contribution in [0.1, 0.15) is 21.5 Å². The van der Waals surface area contributed by atoms with E-state index in [1.807, 2.05) is 0 Å². The third kappa shape index (κ3) is 2.31. The Hall–Kier alpha value is -2.57. The van der Waals surface area contributed by atoms with Crippen LogP contribution >= 0.6 is 0 Å². The molecule has 4 nitrogen and oxygen atoms in total. The van der Waals surface area contributed by atoms with Crippen LogP contribution in [0.15, 0.2) is 27.9 Å². The fraction of sp³-hybridized carbons (Fsp3) is 0.143. The first-order chi connectivity index (χ1) is 9.68. The first kappa shape index (κ1) is 14.8.